The Bertz CT molecular complexity index is 1010. The van der Waals surface area contributed by atoms with Gasteiger partial charge in [0.1, 0.15) is 17.8 Å². The van der Waals surface area contributed by atoms with E-state index in [0.29, 0.717) is 28.6 Å². The number of hydrogen-bond acceptors (Lipinski definition) is 5. The highest BCUT2D eigenvalue weighted by atomic mass is 35.5. The standard InChI is InChI=1S/C21H19ClN4O2/c1-14(27)16-5-3-7-18(11-16)26-21(28)19-12-20(25-13-24-19)23-9-8-15-4-2-6-17(22)10-15/h2-7,10-13H,8-9H2,1H3,(H,26,28)(H,23,24,25). The molecule has 3 aromatic rings. The summed E-state index contributed by atoms with van der Waals surface area (Å²) in [6, 6.07) is 16.0. The van der Waals surface area contributed by atoms with Gasteiger partial charge >= 0.3 is 0 Å². The lowest BCUT2D eigenvalue weighted by molar-refractivity contribution is 0.100. The highest BCUT2D eigenvalue weighted by molar-refractivity contribution is 6.30. The van der Waals surface area contributed by atoms with E-state index in [4.69, 9.17) is 11.6 Å². The molecule has 0 unspecified atom stereocenters. The summed E-state index contributed by atoms with van der Waals surface area (Å²) in [4.78, 5) is 32.1. The number of carbonyl (C=O) groups excluding carboxylic acids is 2. The molecule has 6 nitrogen and oxygen atoms in total. The molecule has 0 spiro atoms. The second-order valence-corrected chi connectivity index (χ2v) is 6.62. The minimum atomic E-state index is -0.374. The highest BCUT2D eigenvalue weighted by Crippen LogP contribution is 2.14. The average Bonchev–Trinajstić information content (AvgIpc) is 2.68. The molecule has 1 heterocycles. The van der Waals surface area contributed by atoms with Crippen molar-refractivity contribution in [1.29, 1.82) is 0 Å². The van der Waals surface area contributed by atoms with Crippen LogP contribution in [0.5, 0.6) is 0 Å². The first-order valence-corrected chi connectivity index (χ1v) is 9.12. The van der Waals surface area contributed by atoms with E-state index < -0.39 is 0 Å². The lowest BCUT2D eigenvalue weighted by atomic mass is 10.1. The second-order valence-electron chi connectivity index (χ2n) is 6.19. The van der Waals surface area contributed by atoms with Crippen LogP contribution in [0.4, 0.5) is 11.5 Å². The summed E-state index contributed by atoms with van der Waals surface area (Å²) in [5.41, 5.74) is 2.40. The van der Waals surface area contributed by atoms with E-state index in [1.807, 2.05) is 24.3 Å². The molecule has 0 radical (unpaired) electrons. The van der Waals surface area contributed by atoms with E-state index in [-0.39, 0.29) is 17.4 Å². The van der Waals surface area contributed by atoms with Crippen molar-refractivity contribution in [2.24, 2.45) is 0 Å². The van der Waals surface area contributed by atoms with Crippen molar-refractivity contribution in [1.82, 2.24) is 9.97 Å². The van der Waals surface area contributed by atoms with Crippen molar-refractivity contribution in [3.05, 3.63) is 82.8 Å². The zero-order chi connectivity index (χ0) is 19.9. The number of carbonyl (C=O) groups is 2. The molecule has 1 aromatic heterocycles. The maximum atomic E-state index is 12.5. The fourth-order valence-electron chi connectivity index (χ4n) is 2.62. The molecule has 2 N–H and O–H groups in total. The van der Waals surface area contributed by atoms with Crippen molar-refractivity contribution >= 4 is 34.8 Å². The fourth-order valence-corrected chi connectivity index (χ4v) is 2.83. The van der Waals surface area contributed by atoms with Crippen LogP contribution >= 0.6 is 11.6 Å². The first-order chi connectivity index (χ1) is 13.5. The van der Waals surface area contributed by atoms with Gasteiger partial charge in [-0.05, 0) is 43.2 Å². The predicted molar refractivity (Wildman–Crippen MR) is 110 cm³/mol. The molecule has 7 heteroatoms. The maximum Gasteiger partial charge on any atom is 0.274 e. The molecule has 28 heavy (non-hydrogen) atoms. The minimum Gasteiger partial charge on any atom is -0.370 e. The van der Waals surface area contributed by atoms with Crippen LogP contribution in [-0.2, 0) is 6.42 Å². The van der Waals surface area contributed by atoms with Crippen LogP contribution in [0, 0.1) is 0 Å². The first-order valence-electron chi connectivity index (χ1n) is 8.74. The van der Waals surface area contributed by atoms with Gasteiger partial charge in [-0.3, -0.25) is 9.59 Å². The summed E-state index contributed by atoms with van der Waals surface area (Å²) in [6.07, 6.45) is 2.10. The Morgan fingerprint density at radius 1 is 1.04 bits per heavy atom. The monoisotopic (exact) mass is 394 g/mol. The average molecular weight is 395 g/mol. The number of halogens is 1. The quantitative estimate of drug-likeness (QED) is 0.585. The molecule has 2 aromatic carbocycles. The SMILES string of the molecule is CC(=O)c1cccc(NC(=O)c2cc(NCCc3cccc(Cl)c3)ncn2)c1. The van der Waals surface area contributed by atoms with Gasteiger partial charge in [0.15, 0.2) is 5.78 Å². The number of benzene rings is 2. The Kier molecular flexibility index (Phi) is 6.34. The van der Waals surface area contributed by atoms with Gasteiger partial charge in [0, 0.05) is 28.9 Å². The Hall–Kier alpha value is -3.25. The molecular weight excluding hydrogens is 376 g/mol. The van der Waals surface area contributed by atoms with E-state index in [1.165, 1.54) is 13.3 Å². The fraction of sp³-hybridized carbons (Fsp3) is 0.143. The molecule has 1 amide bonds. The number of rotatable bonds is 7. The van der Waals surface area contributed by atoms with Crippen LogP contribution in [0.2, 0.25) is 5.02 Å². The molecule has 0 aliphatic carbocycles. The van der Waals surface area contributed by atoms with E-state index in [2.05, 4.69) is 20.6 Å². The molecule has 0 aliphatic rings. The van der Waals surface area contributed by atoms with E-state index >= 15 is 0 Å². The minimum absolute atomic E-state index is 0.0654. The van der Waals surface area contributed by atoms with Crippen molar-refractivity contribution in [3.8, 4) is 0 Å². The van der Waals surface area contributed by atoms with Crippen molar-refractivity contribution in [2.45, 2.75) is 13.3 Å². The summed E-state index contributed by atoms with van der Waals surface area (Å²) >= 11 is 5.99. The number of nitrogens with one attached hydrogen (secondary N) is 2. The van der Waals surface area contributed by atoms with Gasteiger partial charge in [-0.2, -0.15) is 0 Å². The third-order valence-corrected chi connectivity index (χ3v) is 4.27. The summed E-state index contributed by atoms with van der Waals surface area (Å²) in [7, 11) is 0. The number of hydrogen-bond donors (Lipinski definition) is 2. The summed E-state index contributed by atoms with van der Waals surface area (Å²) in [6.45, 7) is 2.12. The molecule has 0 saturated carbocycles. The summed E-state index contributed by atoms with van der Waals surface area (Å²) < 4.78 is 0. The Balaban J connectivity index is 1.61. The zero-order valence-electron chi connectivity index (χ0n) is 15.3. The smallest absolute Gasteiger partial charge is 0.274 e. The van der Waals surface area contributed by atoms with Crippen molar-refractivity contribution in [2.75, 3.05) is 17.2 Å². The van der Waals surface area contributed by atoms with Gasteiger partial charge in [0.25, 0.3) is 5.91 Å². The number of anilines is 2. The normalized spacial score (nSPS) is 10.4. The van der Waals surface area contributed by atoms with Gasteiger partial charge < -0.3 is 10.6 Å². The molecule has 0 atom stereocenters. The number of amides is 1. The lowest BCUT2D eigenvalue weighted by Gasteiger charge is -2.08. The number of nitrogens with zero attached hydrogens (tertiary/aromatic N) is 2. The first kappa shape index (κ1) is 19.5. The van der Waals surface area contributed by atoms with Crippen LogP contribution in [0.15, 0.2) is 60.9 Å². The summed E-state index contributed by atoms with van der Waals surface area (Å²) in [5, 5.41) is 6.62. The highest BCUT2D eigenvalue weighted by Gasteiger charge is 2.10. The number of aromatic nitrogens is 2. The Morgan fingerprint density at radius 3 is 2.64 bits per heavy atom. The molecule has 142 valence electrons. The predicted octanol–water partition coefficient (Wildman–Crippen LogP) is 4.24. The summed E-state index contributed by atoms with van der Waals surface area (Å²) in [5.74, 6) is 0.116. The molecular formula is C21H19ClN4O2. The largest absolute Gasteiger partial charge is 0.370 e. The van der Waals surface area contributed by atoms with Crippen molar-refractivity contribution in [3.63, 3.8) is 0 Å². The molecule has 0 bridgehead atoms. The van der Waals surface area contributed by atoms with Gasteiger partial charge in [0.05, 0.1) is 0 Å². The topological polar surface area (TPSA) is 84.0 Å². The maximum absolute atomic E-state index is 12.5. The van der Waals surface area contributed by atoms with Crippen LogP contribution < -0.4 is 10.6 Å². The third kappa shape index (κ3) is 5.37. The molecule has 0 saturated heterocycles. The molecule has 3 rings (SSSR count). The van der Waals surface area contributed by atoms with Crippen LogP contribution in [0.1, 0.15) is 33.3 Å². The van der Waals surface area contributed by atoms with Gasteiger partial charge in [-0.1, -0.05) is 35.9 Å². The second kappa shape index (κ2) is 9.10. The Labute approximate surface area is 168 Å². The van der Waals surface area contributed by atoms with Gasteiger partial charge in [-0.25, -0.2) is 9.97 Å². The van der Waals surface area contributed by atoms with E-state index in [9.17, 15) is 9.59 Å². The van der Waals surface area contributed by atoms with E-state index in [0.717, 1.165) is 12.0 Å². The number of ketones is 1. The molecule has 0 aliphatic heterocycles. The van der Waals surface area contributed by atoms with E-state index in [1.54, 1.807) is 30.3 Å². The lowest BCUT2D eigenvalue weighted by Crippen LogP contribution is -2.15. The van der Waals surface area contributed by atoms with Crippen LogP contribution in [0.3, 0.4) is 0 Å². The number of Topliss-reactive ketones (excluding diaryl/α,β-unsaturated/α-hetero) is 1. The third-order valence-electron chi connectivity index (χ3n) is 4.04. The Morgan fingerprint density at radius 2 is 1.86 bits per heavy atom. The van der Waals surface area contributed by atoms with Crippen LogP contribution in [-0.4, -0.2) is 28.2 Å². The van der Waals surface area contributed by atoms with Gasteiger partial charge in [0.2, 0.25) is 0 Å². The van der Waals surface area contributed by atoms with Crippen LogP contribution in [0.25, 0.3) is 0 Å². The van der Waals surface area contributed by atoms with Crippen molar-refractivity contribution < 1.29 is 9.59 Å². The molecule has 0 fully saturated rings. The zero-order valence-corrected chi connectivity index (χ0v) is 16.0. The van der Waals surface area contributed by atoms with Gasteiger partial charge in [-0.15, -0.1) is 0 Å².